The molecule has 2 rings (SSSR count). The smallest absolute Gasteiger partial charge is 0.218 e. The van der Waals surface area contributed by atoms with Gasteiger partial charge in [0.2, 0.25) is 5.91 Å². The fourth-order valence-electron chi connectivity index (χ4n) is 2.78. The van der Waals surface area contributed by atoms with Crippen LogP contribution in [0.15, 0.2) is 18.2 Å². The van der Waals surface area contributed by atoms with Gasteiger partial charge in [0.1, 0.15) is 5.75 Å². The molecule has 0 fully saturated rings. The van der Waals surface area contributed by atoms with Crippen LogP contribution in [0.5, 0.6) is 5.75 Å². The van der Waals surface area contributed by atoms with Crippen molar-refractivity contribution in [3.63, 3.8) is 0 Å². The van der Waals surface area contributed by atoms with Gasteiger partial charge in [-0.15, -0.1) is 0 Å². The number of nitrogens with one attached hydrogen (secondary N) is 1. The first-order valence-electron chi connectivity index (χ1n) is 6.81. The van der Waals surface area contributed by atoms with Crippen LogP contribution >= 0.6 is 0 Å². The lowest BCUT2D eigenvalue weighted by atomic mass is 9.87. The molecule has 0 bridgehead atoms. The molecule has 0 aromatic heterocycles. The van der Waals surface area contributed by atoms with E-state index in [1.807, 2.05) is 13.0 Å². The summed E-state index contributed by atoms with van der Waals surface area (Å²) in [6.07, 6.45) is 3.74. The standard InChI is InChI=1S/C15H22N2O2/c1-10(8-15(16)18)17-14-5-3-4-11-6-7-12(19-2)9-13(11)14/h6-7,9-10,14,17H,3-5,8H2,1-2H3,(H2,16,18). The van der Waals surface area contributed by atoms with E-state index >= 15 is 0 Å². The molecule has 0 spiro atoms. The lowest BCUT2D eigenvalue weighted by molar-refractivity contribution is -0.118. The van der Waals surface area contributed by atoms with Crippen LogP contribution in [-0.2, 0) is 11.2 Å². The van der Waals surface area contributed by atoms with Crippen molar-refractivity contribution in [3.05, 3.63) is 29.3 Å². The molecule has 0 aliphatic heterocycles. The van der Waals surface area contributed by atoms with Crippen molar-refractivity contribution in [2.24, 2.45) is 5.73 Å². The van der Waals surface area contributed by atoms with Gasteiger partial charge in [0.05, 0.1) is 7.11 Å². The predicted molar refractivity (Wildman–Crippen MR) is 75.1 cm³/mol. The molecule has 1 aromatic rings. The first-order chi connectivity index (χ1) is 9.10. The van der Waals surface area contributed by atoms with Crippen LogP contribution < -0.4 is 15.8 Å². The predicted octanol–water partition coefficient (Wildman–Crippen LogP) is 1.93. The summed E-state index contributed by atoms with van der Waals surface area (Å²) in [5.41, 5.74) is 7.90. The van der Waals surface area contributed by atoms with E-state index < -0.39 is 0 Å². The highest BCUT2D eigenvalue weighted by atomic mass is 16.5. The van der Waals surface area contributed by atoms with Crippen LogP contribution in [0.1, 0.15) is 43.4 Å². The summed E-state index contributed by atoms with van der Waals surface area (Å²) in [6.45, 7) is 2.00. The number of amides is 1. The van der Waals surface area contributed by atoms with Crippen LogP contribution in [0.4, 0.5) is 0 Å². The molecule has 19 heavy (non-hydrogen) atoms. The van der Waals surface area contributed by atoms with Crippen molar-refractivity contribution < 1.29 is 9.53 Å². The third kappa shape index (κ3) is 3.47. The topological polar surface area (TPSA) is 64.3 Å². The molecular formula is C15H22N2O2. The van der Waals surface area contributed by atoms with Crippen LogP contribution in [0.2, 0.25) is 0 Å². The summed E-state index contributed by atoms with van der Waals surface area (Å²) in [5.74, 6) is 0.622. The average molecular weight is 262 g/mol. The van der Waals surface area contributed by atoms with Crippen LogP contribution in [-0.4, -0.2) is 19.1 Å². The van der Waals surface area contributed by atoms with Crippen molar-refractivity contribution in [3.8, 4) is 5.75 Å². The summed E-state index contributed by atoms with van der Waals surface area (Å²) in [7, 11) is 1.68. The molecule has 3 N–H and O–H groups in total. The van der Waals surface area contributed by atoms with E-state index in [9.17, 15) is 4.79 Å². The maximum absolute atomic E-state index is 11.0. The summed E-state index contributed by atoms with van der Waals surface area (Å²) >= 11 is 0. The van der Waals surface area contributed by atoms with E-state index in [1.54, 1.807) is 7.11 Å². The van der Waals surface area contributed by atoms with Gasteiger partial charge in [-0.2, -0.15) is 0 Å². The second-order valence-corrected chi connectivity index (χ2v) is 5.25. The van der Waals surface area contributed by atoms with E-state index in [0.717, 1.165) is 18.6 Å². The molecule has 1 aliphatic rings. The maximum atomic E-state index is 11.0. The van der Waals surface area contributed by atoms with Gasteiger partial charge in [0.25, 0.3) is 0 Å². The number of carbonyl (C=O) groups excluding carboxylic acids is 1. The molecule has 1 amide bonds. The molecule has 2 atom stereocenters. The number of fused-ring (bicyclic) bond motifs is 1. The Morgan fingerprint density at radius 1 is 1.58 bits per heavy atom. The fraction of sp³-hybridized carbons (Fsp3) is 0.533. The molecule has 104 valence electrons. The van der Waals surface area contributed by atoms with Crippen molar-refractivity contribution in [2.75, 3.05) is 7.11 Å². The zero-order valence-corrected chi connectivity index (χ0v) is 11.6. The highest BCUT2D eigenvalue weighted by molar-refractivity contribution is 5.74. The first-order valence-corrected chi connectivity index (χ1v) is 6.81. The Labute approximate surface area is 114 Å². The summed E-state index contributed by atoms with van der Waals surface area (Å²) in [4.78, 5) is 11.0. The van der Waals surface area contributed by atoms with Crippen molar-refractivity contribution in [1.82, 2.24) is 5.32 Å². The van der Waals surface area contributed by atoms with Crippen molar-refractivity contribution in [1.29, 1.82) is 0 Å². The van der Waals surface area contributed by atoms with E-state index in [2.05, 4.69) is 17.4 Å². The molecular weight excluding hydrogens is 240 g/mol. The Hall–Kier alpha value is -1.55. The monoisotopic (exact) mass is 262 g/mol. The number of aryl methyl sites for hydroxylation is 1. The number of methoxy groups -OCH3 is 1. The summed E-state index contributed by atoms with van der Waals surface area (Å²) in [5, 5.41) is 3.50. The second kappa shape index (κ2) is 6.06. The minimum Gasteiger partial charge on any atom is -0.497 e. The lowest BCUT2D eigenvalue weighted by Crippen LogP contribution is -2.35. The molecule has 4 nitrogen and oxygen atoms in total. The molecule has 1 aliphatic carbocycles. The second-order valence-electron chi connectivity index (χ2n) is 5.25. The molecule has 4 heteroatoms. The van der Waals surface area contributed by atoms with Gasteiger partial charge >= 0.3 is 0 Å². The van der Waals surface area contributed by atoms with E-state index in [4.69, 9.17) is 10.5 Å². The van der Waals surface area contributed by atoms with Gasteiger partial charge in [-0.05, 0) is 49.4 Å². The van der Waals surface area contributed by atoms with Gasteiger partial charge in [-0.25, -0.2) is 0 Å². The number of hydrogen-bond acceptors (Lipinski definition) is 3. The zero-order chi connectivity index (χ0) is 13.8. The highest BCUT2D eigenvalue weighted by Crippen LogP contribution is 2.32. The first kappa shape index (κ1) is 13.9. The lowest BCUT2D eigenvalue weighted by Gasteiger charge is -2.29. The fourth-order valence-corrected chi connectivity index (χ4v) is 2.78. The number of primary amides is 1. The van der Waals surface area contributed by atoms with Gasteiger partial charge in [0.15, 0.2) is 0 Å². The number of benzene rings is 1. The number of hydrogen-bond donors (Lipinski definition) is 2. The summed E-state index contributed by atoms with van der Waals surface area (Å²) < 4.78 is 5.30. The third-order valence-corrected chi connectivity index (χ3v) is 3.66. The molecule has 0 saturated heterocycles. The van der Waals surface area contributed by atoms with Crippen LogP contribution in [0, 0.1) is 0 Å². The quantitative estimate of drug-likeness (QED) is 0.852. The highest BCUT2D eigenvalue weighted by Gasteiger charge is 2.22. The van der Waals surface area contributed by atoms with Crippen molar-refractivity contribution >= 4 is 5.91 Å². The van der Waals surface area contributed by atoms with Crippen LogP contribution in [0.3, 0.4) is 0 Å². The van der Waals surface area contributed by atoms with E-state index in [0.29, 0.717) is 6.42 Å². The average Bonchev–Trinajstić information content (AvgIpc) is 2.37. The summed E-state index contributed by atoms with van der Waals surface area (Å²) in [6, 6.07) is 6.63. The number of nitrogens with two attached hydrogens (primary N) is 1. The molecule has 0 saturated carbocycles. The third-order valence-electron chi connectivity index (χ3n) is 3.66. The van der Waals surface area contributed by atoms with Crippen LogP contribution in [0.25, 0.3) is 0 Å². The Kier molecular flexibility index (Phi) is 4.43. The number of carbonyl (C=O) groups is 1. The normalized spacial score (nSPS) is 19.6. The molecule has 0 radical (unpaired) electrons. The largest absolute Gasteiger partial charge is 0.497 e. The van der Waals surface area contributed by atoms with Gasteiger partial charge in [0, 0.05) is 18.5 Å². The zero-order valence-electron chi connectivity index (χ0n) is 11.6. The van der Waals surface area contributed by atoms with Crippen molar-refractivity contribution in [2.45, 2.75) is 44.7 Å². The Morgan fingerprint density at radius 3 is 3.05 bits per heavy atom. The van der Waals surface area contributed by atoms with Gasteiger partial charge in [-0.1, -0.05) is 6.07 Å². The minimum absolute atomic E-state index is 0.0969. The molecule has 2 unspecified atom stereocenters. The maximum Gasteiger partial charge on any atom is 0.218 e. The SMILES string of the molecule is COc1ccc2c(c1)C(NC(C)CC(N)=O)CCC2. The Balaban J connectivity index is 2.14. The Bertz CT molecular complexity index is 459. The van der Waals surface area contributed by atoms with Gasteiger partial charge in [-0.3, -0.25) is 4.79 Å². The van der Waals surface area contributed by atoms with E-state index in [1.165, 1.54) is 17.5 Å². The van der Waals surface area contributed by atoms with E-state index in [-0.39, 0.29) is 18.0 Å². The molecule has 0 heterocycles. The Morgan fingerprint density at radius 2 is 2.37 bits per heavy atom. The minimum atomic E-state index is -0.262. The number of rotatable bonds is 5. The number of ether oxygens (including phenoxy) is 1. The molecule has 1 aromatic carbocycles. The van der Waals surface area contributed by atoms with Gasteiger partial charge < -0.3 is 15.8 Å².